The fourth-order valence-corrected chi connectivity index (χ4v) is 8.34. The number of carbonyl (C=O) groups is 1. The number of hydrogen-bond donors (Lipinski definition) is 4. The van der Waals surface area contributed by atoms with Crippen molar-refractivity contribution in [3.05, 3.63) is 59.9 Å². The lowest BCUT2D eigenvalue weighted by Gasteiger charge is -2.48. The molecule has 40 heavy (non-hydrogen) atoms. The average Bonchev–Trinajstić information content (AvgIpc) is 3.66. The molecule has 0 radical (unpaired) electrons. The zero-order chi connectivity index (χ0) is 27.1. The highest BCUT2D eigenvalue weighted by molar-refractivity contribution is 5.79. The van der Waals surface area contributed by atoms with Crippen LogP contribution in [0.5, 0.6) is 0 Å². The first-order valence-corrected chi connectivity index (χ1v) is 15.5. The van der Waals surface area contributed by atoms with Crippen LogP contribution in [0.4, 0.5) is 5.69 Å². The second-order valence-corrected chi connectivity index (χ2v) is 12.8. The van der Waals surface area contributed by atoms with Crippen LogP contribution in [-0.4, -0.2) is 53.4 Å². The fourth-order valence-electron chi connectivity index (χ4n) is 8.34. The van der Waals surface area contributed by atoms with Crippen LogP contribution in [0.15, 0.2) is 48.7 Å². The van der Waals surface area contributed by atoms with Gasteiger partial charge in [0.15, 0.2) is 0 Å². The summed E-state index contributed by atoms with van der Waals surface area (Å²) in [5, 5.41) is 13.7. The van der Waals surface area contributed by atoms with Crippen molar-refractivity contribution < 1.29 is 14.6 Å². The third-order valence-electron chi connectivity index (χ3n) is 10.3. The van der Waals surface area contributed by atoms with Crippen molar-refractivity contribution in [2.75, 3.05) is 18.1 Å². The van der Waals surface area contributed by atoms with E-state index in [0.717, 1.165) is 50.6 Å². The molecule has 4 unspecified atom stereocenters. The van der Waals surface area contributed by atoms with Gasteiger partial charge in [-0.05, 0) is 86.6 Å². The van der Waals surface area contributed by atoms with Gasteiger partial charge in [0.1, 0.15) is 0 Å². The number of aliphatic hydroxyl groups is 1. The lowest BCUT2D eigenvalue weighted by Crippen LogP contribution is -2.58. The van der Waals surface area contributed by atoms with Gasteiger partial charge in [-0.2, -0.15) is 0 Å². The van der Waals surface area contributed by atoms with E-state index in [0.29, 0.717) is 31.1 Å². The highest BCUT2D eigenvalue weighted by atomic mass is 16.5. The Kier molecular flexibility index (Phi) is 7.52. The van der Waals surface area contributed by atoms with Crippen LogP contribution in [0, 0.1) is 17.8 Å². The lowest BCUT2D eigenvalue weighted by molar-refractivity contribution is -0.127. The Balaban J connectivity index is 1.03. The number of piperidine rings is 1. The zero-order valence-electron chi connectivity index (χ0n) is 23.3. The van der Waals surface area contributed by atoms with Crippen LogP contribution in [0.1, 0.15) is 81.1 Å². The highest BCUT2D eigenvalue weighted by Gasteiger charge is 2.44. The van der Waals surface area contributed by atoms with Gasteiger partial charge < -0.3 is 20.1 Å². The second-order valence-electron chi connectivity index (χ2n) is 12.8. The predicted molar refractivity (Wildman–Crippen MR) is 153 cm³/mol. The molecular weight excluding hydrogens is 502 g/mol. The molecule has 7 atom stereocenters. The summed E-state index contributed by atoms with van der Waals surface area (Å²) in [4.78, 5) is 20.8. The molecule has 2 bridgehead atoms. The SMILES string of the molecule is O=C(N[C@@H](c1ccccn1)C1CCCC1)C1CCC2NNC(c3ccc(N4[C@H]5COC[C@H]4CC(O)C5)cc3)C2C1. The molecule has 8 heteroatoms. The summed E-state index contributed by atoms with van der Waals surface area (Å²) in [6, 6.07) is 16.1. The number of hydrazine groups is 1. The minimum absolute atomic E-state index is 0.0119. The van der Waals surface area contributed by atoms with Crippen molar-refractivity contribution in [3.8, 4) is 0 Å². The molecule has 4 heterocycles. The van der Waals surface area contributed by atoms with Gasteiger partial charge in [0, 0.05) is 23.8 Å². The molecule has 5 fully saturated rings. The molecule has 2 aromatic rings. The number of benzene rings is 1. The summed E-state index contributed by atoms with van der Waals surface area (Å²) >= 11 is 0. The number of nitrogens with zero attached hydrogens (tertiary/aromatic N) is 2. The van der Waals surface area contributed by atoms with E-state index >= 15 is 0 Å². The Morgan fingerprint density at radius 2 is 1.75 bits per heavy atom. The van der Waals surface area contributed by atoms with E-state index in [1.165, 1.54) is 24.1 Å². The molecule has 214 valence electrons. The number of nitrogens with one attached hydrogen (secondary N) is 3. The quantitative estimate of drug-likeness (QED) is 0.438. The van der Waals surface area contributed by atoms with Gasteiger partial charge >= 0.3 is 0 Å². The summed E-state index contributed by atoms with van der Waals surface area (Å²) in [7, 11) is 0. The van der Waals surface area contributed by atoms with E-state index in [4.69, 9.17) is 4.74 Å². The summed E-state index contributed by atoms with van der Waals surface area (Å²) in [6.07, 6.45) is 10.7. The summed E-state index contributed by atoms with van der Waals surface area (Å²) in [6.45, 7) is 1.36. The number of amides is 1. The maximum atomic E-state index is 13.7. The average molecular weight is 546 g/mol. The Hall–Kier alpha value is -2.52. The number of fused-ring (bicyclic) bond motifs is 3. The summed E-state index contributed by atoms with van der Waals surface area (Å²) in [5.74, 6) is 1.07. The third-order valence-corrected chi connectivity index (χ3v) is 10.3. The molecule has 1 amide bonds. The first-order valence-electron chi connectivity index (χ1n) is 15.5. The van der Waals surface area contributed by atoms with E-state index in [-0.39, 0.29) is 42.1 Å². The van der Waals surface area contributed by atoms with E-state index in [9.17, 15) is 9.90 Å². The number of hydrogen-bond acceptors (Lipinski definition) is 7. The molecule has 1 aromatic carbocycles. The van der Waals surface area contributed by atoms with Gasteiger partial charge in [-0.3, -0.25) is 15.2 Å². The highest BCUT2D eigenvalue weighted by Crippen LogP contribution is 2.42. The van der Waals surface area contributed by atoms with Crippen LogP contribution in [-0.2, 0) is 9.53 Å². The predicted octanol–water partition coefficient (Wildman–Crippen LogP) is 3.79. The molecule has 5 aliphatic rings. The minimum atomic E-state index is -0.228. The number of ether oxygens (including phenoxy) is 1. The molecule has 7 rings (SSSR count). The summed E-state index contributed by atoms with van der Waals surface area (Å²) < 4.78 is 5.80. The van der Waals surface area contributed by atoms with Crippen molar-refractivity contribution in [2.24, 2.45) is 17.8 Å². The molecule has 1 aromatic heterocycles. The Morgan fingerprint density at radius 1 is 0.975 bits per heavy atom. The molecule has 0 spiro atoms. The van der Waals surface area contributed by atoms with Gasteiger partial charge in [-0.25, -0.2) is 5.43 Å². The Morgan fingerprint density at radius 3 is 2.48 bits per heavy atom. The molecule has 2 saturated carbocycles. The largest absolute Gasteiger partial charge is 0.393 e. The monoisotopic (exact) mass is 545 g/mol. The number of rotatable bonds is 6. The normalized spacial score (nSPS) is 34.8. The summed E-state index contributed by atoms with van der Waals surface area (Å²) in [5.41, 5.74) is 10.6. The standard InChI is InChI=1S/C32H43N5O3/c38-26-16-24-18-40-19-25(17-26)37(24)23-11-8-21(9-12-23)30-27-15-22(10-13-28(27)35-36-30)32(39)34-31(20-5-1-2-6-20)29-7-3-4-14-33-29/h3-4,7-9,11-12,14,20,22,24-28,30-31,35-36,38H,1-2,5-6,10,13,15-19H2,(H,34,39)/t22?,24-,25-,27?,28?,30?,31-/m1/s1. The molecule has 3 saturated heterocycles. The first-order chi connectivity index (χ1) is 19.6. The Bertz CT molecular complexity index is 1140. The Labute approximate surface area is 237 Å². The van der Waals surface area contributed by atoms with Crippen LogP contribution in [0.25, 0.3) is 0 Å². The number of carbonyl (C=O) groups excluding carboxylic acids is 1. The minimum Gasteiger partial charge on any atom is -0.393 e. The van der Waals surface area contributed by atoms with Crippen LogP contribution in [0.3, 0.4) is 0 Å². The number of anilines is 1. The van der Waals surface area contributed by atoms with Crippen molar-refractivity contribution in [1.29, 1.82) is 0 Å². The van der Waals surface area contributed by atoms with E-state index < -0.39 is 0 Å². The smallest absolute Gasteiger partial charge is 0.223 e. The third kappa shape index (κ3) is 5.15. The maximum absolute atomic E-state index is 13.7. The second kappa shape index (κ2) is 11.4. The van der Waals surface area contributed by atoms with Crippen molar-refractivity contribution in [2.45, 2.75) is 94.1 Å². The van der Waals surface area contributed by atoms with Crippen LogP contribution in [0.2, 0.25) is 0 Å². The number of aromatic nitrogens is 1. The lowest BCUT2D eigenvalue weighted by atomic mass is 9.74. The van der Waals surface area contributed by atoms with Gasteiger partial charge in [-0.15, -0.1) is 0 Å². The van der Waals surface area contributed by atoms with Gasteiger partial charge in [0.05, 0.1) is 49.2 Å². The topological polar surface area (TPSA) is 98.8 Å². The van der Waals surface area contributed by atoms with Gasteiger partial charge in [0.25, 0.3) is 0 Å². The van der Waals surface area contributed by atoms with Gasteiger partial charge in [0.2, 0.25) is 5.91 Å². The zero-order valence-corrected chi connectivity index (χ0v) is 23.3. The molecule has 8 nitrogen and oxygen atoms in total. The van der Waals surface area contributed by atoms with E-state index in [2.05, 4.69) is 56.4 Å². The molecular formula is C32H43N5O3. The number of aliphatic hydroxyl groups excluding tert-OH is 1. The number of morpholine rings is 1. The molecule has 4 N–H and O–H groups in total. The number of pyridine rings is 1. The maximum Gasteiger partial charge on any atom is 0.223 e. The van der Waals surface area contributed by atoms with Crippen molar-refractivity contribution >= 4 is 11.6 Å². The fraction of sp³-hybridized carbons (Fsp3) is 0.625. The van der Waals surface area contributed by atoms with Crippen LogP contribution < -0.4 is 21.1 Å². The van der Waals surface area contributed by atoms with Crippen molar-refractivity contribution in [3.63, 3.8) is 0 Å². The molecule has 2 aliphatic carbocycles. The molecule has 3 aliphatic heterocycles. The van der Waals surface area contributed by atoms with E-state index in [1.54, 1.807) is 0 Å². The van der Waals surface area contributed by atoms with E-state index in [1.807, 2.05) is 18.3 Å². The van der Waals surface area contributed by atoms with Crippen molar-refractivity contribution in [1.82, 2.24) is 21.2 Å². The van der Waals surface area contributed by atoms with Crippen LogP contribution >= 0.6 is 0 Å². The van der Waals surface area contributed by atoms with Gasteiger partial charge in [-0.1, -0.05) is 31.0 Å². The first kappa shape index (κ1) is 26.4.